The zero-order valence-electron chi connectivity index (χ0n) is 13.9. The Balaban J connectivity index is 1.48. The average Bonchev–Trinajstić information content (AvgIpc) is 3.26. The lowest BCUT2D eigenvalue weighted by molar-refractivity contribution is -0.125. The Morgan fingerprint density at radius 1 is 1.35 bits per heavy atom. The minimum absolute atomic E-state index is 0.286. The highest BCUT2D eigenvalue weighted by atomic mass is 35.5. The topological polar surface area (TPSA) is 74.5 Å². The number of nitriles is 1. The lowest BCUT2D eigenvalue weighted by atomic mass is 9.96. The molecule has 5 nitrogen and oxygen atoms in total. The molecule has 26 heavy (non-hydrogen) atoms. The van der Waals surface area contributed by atoms with Gasteiger partial charge in [0.25, 0.3) is 5.91 Å². The third-order valence-corrected chi connectivity index (χ3v) is 6.20. The predicted octanol–water partition coefficient (Wildman–Crippen LogP) is 4.28. The summed E-state index contributed by atoms with van der Waals surface area (Å²) in [6.45, 7) is 0. The minimum Gasteiger partial charge on any atom is -0.382 e. The van der Waals surface area contributed by atoms with Gasteiger partial charge in [-0.1, -0.05) is 35.0 Å². The van der Waals surface area contributed by atoms with Gasteiger partial charge in [0.15, 0.2) is 0 Å². The fraction of sp³-hybridized carbons (Fsp3) is 0.316. The highest BCUT2D eigenvalue weighted by Crippen LogP contribution is 2.38. The molecule has 2 aromatic rings. The molecule has 1 aromatic carbocycles. The fourth-order valence-corrected chi connectivity index (χ4v) is 4.82. The SMILES string of the molecule is N#Cc1c(NC(=O)[C@@H]2CC(c3ccccc3Cl)=NO2)sc2c1CCCC2. The molecule has 0 unspecified atom stereocenters. The molecule has 1 atom stereocenters. The molecular formula is C19H16ClN3O2S. The Morgan fingerprint density at radius 2 is 2.15 bits per heavy atom. The van der Waals surface area contributed by atoms with E-state index in [-0.39, 0.29) is 5.91 Å². The fourth-order valence-electron chi connectivity index (χ4n) is 3.34. The number of halogens is 1. The second-order valence-corrected chi connectivity index (χ2v) is 7.84. The maximum absolute atomic E-state index is 12.6. The van der Waals surface area contributed by atoms with E-state index in [4.69, 9.17) is 16.4 Å². The standard InChI is InChI=1S/C19H16ClN3O2S/c20-14-7-3-1-6-12(14)15-9-16(25-23-15)18(24)22-19-13(10-21)11-5-2-4-8-17(11)26-19/h1,3,6-7,16H,2,4-5,8-9H2,(H,22,24)/t16-/m0/s1. The van der Waals surface area contributed by atoms with Crippen LogP contribution < -0.4 is 5.32 Å². The average molecular weight is 386 g/mol. The maximum Gasteiger partial charge on any atom is 0.269 e. The Bertz CT molecular complexity index is 945. The molecule has 2 aliphatic rings. The molecule has 1 aliphatic heterocycles. The second kappa shape index (κ2) is 7.10. The summed E-state index contributed by atoms with van der Waals surface area (Å²) in [4.78, 5) is 19.1. The van der Waals surface area contributed by atoms with E-state index in [9.17, 15) is 10.1 Å². The number of thiophene rings is 1. The normalized spacial score (nSPS) is 18.5. The molecule has 0 saturated carbocycles. The van der Waals surface area contributed by atoms with Crippen molar-refractivity contribution >= 4 is 39.6 Å². The number of benzene rings is 1. The summed E-state index contributed by atoms with van der Waals surface area (Å²) in [5.74, 6) is -0.286. The van der Waals surface area contributed by atoms with Crippen LogP contribution in [-0.4, -0.2) is 17.7 Å². The molecule has 4 rings (SSSR count). The van der Waals surface area contributed by atoms with Crippen LogP contribution in [0.25, 0.3) is 0 Å². The second-order valence-electron chi connectivity index (χ2n) is 6.33. The van der Waals surface area contributed by atoms with Gasteiger partial charge in [0.2, 0.25) is 6.10 Å². The number of nitrogens with one attached hydrogen (secondary N) is 1. The molecule has 132 valence electrons. The molecule has 2 heterocycles. The zero-order chi connectivity index (χ0) is 18.1. The molecule has 0 saturated heterocycles. The van der Waals surface area contributed by atoms with Crippen LogP contribution in [0.15, 0.2) is 29.4 Å². The molecule has 1 aromatic heterocycles. The maximum atomic E-state index is 12.6. The Morgan fingerprint density at radius 3 is 2.96 bits per heavy atom. The molecule has 0 fully saturated rings. The molecule has 0 spiro atoms. The first-order valence-electron chi connectivity index (χ1n) is 8.50. The molecule has 1 aliphatic carbocycles. The third-order valence-electron chi connectivity index (χ3n) is 4.67. The number of hydrogen-bond acceptors (Lipinski definition) is 5. The first-order chi connectivity index (χ1) is 12.7. The van der Waals surface area contributed by atoms with Gasteiger partial charge in [0.1, 0.15) is 11.1 Å². The Labute approximate surface area is 160 Å². The van der Waals surface area contributed by atoms with Gasteiger partial charge in [-0.25, -0.2) is 0 Å². The van der Waals surface area contributed by atoms with E-state index >= 15 is 0 Å². The van der Waals surface area contributed by atoms with Gasteiger partial charge in [-0.2, -0.15) is 5.26 Å². The molecular weight excluding hydrogens is 370 g/mol. The lowest BCUT2D eigenvalue weighted by Gasteiger charge is -2.10. The molecule has 0 radical (unpaired) electrons. The monoisotopic (exact) mass is 385 g/mol. The number of fused-ring (bicyclic) bond motifs is 1. The van der Waals surface area contributed by atoms with Crippen LogP contribution >= 0.6 is 22.9 Å². The minimum atomic E-state index is -0.716. The van der Waals surface area contributed by atoms with Gasteiger partial charge >= 0.3 is 0 Å². The van der Waals surface area contributed by atoms with Crippen molar-refractivity contribution in [2.45, 2.75) is 38.2 Å². The van der Waals surface area contributed by atoms with Crippen molar-refractivity contribution in [2.75, 3.05) is 5.32 Å². The number of aryl methyl sites for hydroxylation is 1. The van der Waals surface area contributed by atoms with Crippen LogP contribution in [0.3, 0.4) is 0 Å². The van der Waals surface area contributed by atoms with E-state index in [1.54, 1.807) is 6.07 Å². The molecule has 7 heteroatoms. The van der Waals surface area contributed by atoms with E-state index in [1.165, 1.54) is 16.2 Å². The van der Waals surface area contributed by atoms with Crippen molar-refractivity contribution in [3.63, 3.8) is 0 Å². The van der Waals surface area contributed by atoms with Crippen LogP contribution in [0.5, 0.6) is 0 Å². The number of amides is 1. The van der Waals surface area contributed by atoms with Crippen molar-refractivity contribution in [2.24, 2.45) is 5.16 Å². The van der Waals surface area contributed by atoms with E-state index in [0.29, 0.717) is 27.7 Å². The molecule has 1 amide bonds. The molecule has 0 bridgehead atoms. The number of anilines is 1. The number of rotatable bonds is 3. The lowest BCUT2D eigenvalue weighted by Crippen LogP contribution is -2.28. The van der Waals surface area contributed by atoms with E-state index in [1.807, 2.05) is 18.2 Å². The van der Waals surface area contributed by atoms with Crippen molar-refractivity contribution in [1.82, 2.24) is 0 Å². The number of carbonyl (C=O) groups is 1. The van der Waals surface area contributed by atoms with Gasteiger partial charge in [-0.15, -0.1) is 11.3 Å². The quantitative estimate of drug-likeness (QED) is 0.856. The predicted molar refractivity (Wildman–Crippen MR) is 102 cm³/mol. The van der Waals surface area contributed by atoms with Crippen LogP contribution in [0.4, 0.5) is 5.00 Å². The van der Waals surface area contributed by atoms with Crippen molar-refractivity contribution in [1.29, 1.82) is 5.26 Å². The first kappa shape index (κ1) is 17.1. The number of hydrogen-bond donors (Lipinski definition) is 1. The zero-order valence-corrected chi connectivity index (χ0v) is 15.5. The summed E-state index contributed by atoms with van der Waals surface area (Å²) in [5.41, 5.74) is 3.12. The summed E-state index contributed by atoms with van der Waals surface area (Å²) >= 11 is 7.69. The summed E-state index contributed by atoms with van der Waals surface area (Å²) in [7, 11) is 0. The Kier molecular flexibility index (Phi) is 4.66. The van der Waals surface area contributed by atoms with Gasteiger partial charge in [0, 0.05) is 21.9 Å². The largest absolute Gasteiger partial charge is 0.382 e. The Hall–Kier alpha value is -2.36. The van der Waals surface area contributed by atoms with Crippen molar-refractivity contribution in [3.05, 3.63) is 50.9 Å². The summed E-state index contributed by atoms with van der Waals surface area (Å²) in [5, 5.41) is 17.6. The van der Waals surface area contributed by atoms with E-state index in [0.717, 1.165) is 36.8 Å². The smallest absolute Gasteiger partial charge is 0.269 e. The number of nitrogens with zero attached hydrogens (tertiary/aromatic N) is 2. The summed E-state index contributed by atoms with van der Waals surface area (Å²) in [6.07, 6.45) is 3.74. The van der Waals surface area contributed by atoms with E-state index in [2.05, 4.69) is 16.5 Å². The van der Waals surface area contributed by atoms with Crippen LogP contribution in [0.1, 0.15) is 40.8 Å². The highest BCUT2D eigenvalue weighted by molar-refractivity contribution is 7.16. The van der Waals surface area contributed by atoms with Crippen LogP contribution in [0, 0.1) is 11.3 Å². The van der Waals surface area contributed by atoms with Gasteiger partial charge in [-0.3, -0.25) is 4.79 Å². The van der Waals surface area contributed by atoms with E-state index < -0.39 is 6.10 Å². The van der Waals surface area contributed by atoms with Crippen LogP contribution in [0.2, 0.25) is 5.02 Å². The van der Waals surface area contributed by atoms with Crippen molar-refractivity contribution in [3.8, 4) is 6.07 Å². The summed E-state index contributed by atoms with van der Waals surface area (Å²) in [6, 6.07) is 9.59. The molecule has 1 N–H and O–H groups in total. The number of carbonyl (C=O) groups excluding carboxylic acids is 1. The van der Waals surface area contributed by atoms with Gasteiger partial charge in [0.05, 0.1) is 11.3 Å². The van der Waals surface area contributed by atoms with Gasteiger partial charge in [-0.05, 0) is 37.3 Å². The number of oxime groups is 1. The van der Waals surface area contributed by atoms with Crippen molar-refractivity contribution < 1.29 is 9.63 Å². The first-order valence-corrected chi connectivity index (χ1v) is 9.70. The van der Waals surface area contributed by atoms with Crippen LogP contribution in [-0.2, 0) is 22.5 Å². The third kappa shape index (κ3) is 3.09. The highest BCUT2D eigenvalue weighted by Gasteiger charge is 2.31. The summed E-state index contributed by atoms with van der Waals surface area (Å²) < 4.78 is 0. The van der Waals surface area contributed by atoms with Gasteiger partial charge < -0.3 is 10.2 Å².